The highest BCUT2D eigenvalue weighted by molar-refractivity contribution is 7.89. The molecule has 1 unspecified atom stereocenters. The smallest absolute Gasteiger partial charge is 0.242 e. The van der Waals surface area contributed by atoms with Crippen molar-refractivity contribution in [3.8, 4) is 0 Å². The van der Waals surface area contributed by atoms with Gasteiger partial charge in [-0.15, -0.1) is 0 Å². The first-order valence-corrected chi connectivity index (χ1v) is 9.73. The van der Waals surface area contributed by atoms with E-state index in [2.05, 4.69) is 15.1 Å². The molecule has 25 heavy (non-hydrogen) atoms. The molecule has 0 fully saturated rings. The molecule has 1 aromatic heterocycles. The summed E-state index contributed by atoms with van der Waals surface area (Å²) >= 11 is 5.89. The quantitative estimate of drug-likeness (QED) is 0.687. The van der Waals surface area contributed by atoms with Gasteiger partial charge in [0, 0.05) is 38.4 Å². The number of sulfonamides is 1. The number of aromatic nitrogens is 2. The minimum absolute atomic E-state index is 0.00456. The summed E-state index contributed by atoms with van der Waals surface area (Å²) < 4.78 is 28.5. The highest BCUT2D eigenvalue weighted by Gasteiger charge is 2.17. The summed E-state index contributed by atoms with van der Waals surface area (Å²) in [5.74, 6) is -0.00200. The molecule has 1 amide bonds. The molecular formula is C16H21ClN4O3S. The van der Waals surface area contributed by atoms with E-state index in [4.69, 9.17) is 11.6 Å². The standard InChI is InChI=1S/C16H21ClN4O3S/c1-13(12-21-10-4-8-19-21)11-18-16(22)7-9-20-25(23,24)15-6-3-2-5-14(15)17/h2-6,8,10,13,20H,7,9,11-12H2,1H3,(H,18,22). The van der Waals surface area contributed by atoms with Gasteiger partial charge in [0.05, 0.1) is 5.02 Å². The van der Waals surface area contributed by atoms with Crippen LogP contribution in [-0.4, -0.2) is 37.2 Å². The van der Waals surface area contributed by atoms with Crippen LogP contribution in [0.3, 0.4) is 0 Å². The molecule has 1 aromatic carbocycles. The van der Waals surface area contributed by atoms with Gasteiger partial charge in [0.15, 0.2) is 0 Å². The summed E-state index contributed by atoms with van der Waals surface area (Å²) in [5, 5.41) is 7.05. The lowest BCUT2D eigenvalue weighted by Gasteiger charge is -2.13. The van der Waals surface area contributed by atoms with Crippen LogP contribution < -0.4 is 10.0 Å². The van der Waals surface area contributed by atoms with E-state index < -0.39 is 10.0 Å². The fourth-order valence-electron chi connectivity index (χ4n) is 2.21. The van der Waals surface area contributed by atoms with Crippen LogP contribution in [0.2, 0.25) is 5.02 Å². The van der Waals surface area contributed by atoms with Crippen LogP contribution in [0.4, 0.5) is 0 Å². The number of carbonyl (C=O) groups is 1. The van der Waals surface area contributed by atoms with E-state index in [0.717, 1.165) is 0 Å². The Morgan fingerprint density at radius 2 is 2.08 bits per heavy atom. The van der Waals surface area contributed by atoms with Gasteiger partial charge >= 0.3 is 0 Å². The molecule has 0 bridgehead atoms. The lowest BCUT2D eigenvalue weighted by molar-refractivity contribution is -0.121. The van der Waals surface area contributed by atoms with Gasteiger partial charge in [-0.3, -0.25) is 9.48 Å². The Morgan fingerprint density at radius 3 is 2.76 bits per heavy atom. The summed E-state index contributed by atoms with van der Waals surface area (Å²) in [4.78, 5) is 11.8. The first-order chi connectivity index (χ1) is 11.9. The van der Waals surface area contributed by atoms with E-state index >= 15 is 0 Å². The van der Waals surface area contributed by atoms with Gasteiger partial charge in [0.25, 0.3) is 0 Å². The molecule has 0 aliphatic carbocycles. The molecule has 0 saturated carbocycles. The first-order valence-electron chi connectivity index (χ1n) is 7.87. The van der Waals surface area contributed by atoms with E-state index in [0.29, 0.717) is 13.1 Å². The maximum Gasteiger partial charge on any atom is 0.242 e. The van der Waals surface area contributed by atoms with Gasteiger partial charge in [-0.1, -0.05) is 30.7 Å². The minimum atomic E-state index is -3.73. The van der Waals surface area contributed by atoms with Gasteiger partial charge in [-0.05, 0) is 24.1 Å². The molecule has 2 aromatic rings. The van der Waals surface area contributed by atoms with E-state index in [9.17, 15) is 13.2 Å². The lowest BCUT2D eigenvalue weighted by atomic mass is 10.2. The fraction of sp³-hybridized carbons (Fsp3) is 0.375. The summed E-state index contributed by atoms with van der Waals surface area (Å²) in [6, 6.07) is 8.01. The average Bonchev–Trinajstić information content (AvgIpc) is 3.06. The van der Waals surface area contributed by atoms with Crippen LogP contribution >= 0.6 is 11.6 Å². The second kappa shape index (κ2) is 8.98. The third-order valence-electron chi connectivity index (χ3n) is 3.48. The number of rotatable bonds is 9. The molecule has 1 heterocycles. The van der Waals surface area contributed by atoms with E-state index in [1.807, 2.05) is 19.2 Å². The summed E-state index contributed by atoms with van der Waals surface area (Å²) in [7, 11) is -3.73. The van der Waals surface area contributed by atoms with Crippen molar-refractivity contribution in [1.82, 2.24) is 19.8 Å². The molecule has 0 radical (unpaired) electrons. The van der Waals surface area contributed by atoms with E-state index in [1.54, 1.807) is 23.0 Å². The van der Waals surface area contributed by atoms with Crippen molar-refractivity contribution in [2.45, 2.75) is 24.8 Å². The Kier molecular flexibility index (Phi) is 6.98. The van der Waals surface area contributed by atoms with Crippen molar-refractivity contribution in [3.63, 3.8) is 0 Å². The second-order valence-corrected chi connectivity index (χ2v) is 7.86. The van der Waals surface area contributed by atoms with Crippen molar-refractivity contribution in [3.05, 3.63) is 47.7 Å². The zero-order chi connectivity index (χ0) is 18.3. The highest BCUT2D eigenvalue weighted by atomic mass is 35.5. The minimum Gasteiger partial charge on any atom is -0.356 e. The number of benzene rings is 1. The SMILES string of the molecule is CC(CNC(=O)CCNS(=O)(=O)c1ccccc1Cl)Cn1cccn1. The Hall–Kier alpha value is -1.90. The van der Waals surface area contributed by atoms with Crippen LogP contribution in [0, 0.1) is 5.92 Å². The van der Waals surface area contributed by atoms with Crippen LogP contribution in [0.5, 0.6) is 0 Å². The Labute approximate surface area is 152 Å². The zero-order valence-electron chi connectivity index (χ0n) is 13.9. The van der Waals surface area contributed by atoms with Crippen LogP contribution in [-0.2, 0) is 21.4 Å². The van der Waals surface area contributed by atoms with E-state index in [-0.39, 0.29) is 34.7 Å². The van der Waals surface area contributed by atoms with Crippen LogP contribution in [0.15, 0.2) is 47.6 Å². The third kappa shape index (κ3) is 6.15. The molecule has 0 aliphatic heterocycles. The Morgan fingerprint density at radius 1 is 1.32 bits per heavy atom. The number of halogens is 1. The summed E-state index contributed by atoms with van der Waals surface area (Å²) in [6.45, 7) is 3.21. The predicted octanol–water partition coefficient (Wildman–Crippen LogP) is 1.66. The number of nitrogens with one attached hydrogen (secondary N) is 2. The van der Waals surface area contributed by atoms with Crippen molar-refractivity contribution in [2.24, 2.45) is 5.92 Å². The molecule has 2 rings (SSSR count). The Balaban J connectivity index is 1.72. The molecule has 9 heteroatoms. The van der Waals surface area contributed by atoms with E-state index in [1.165, 1.54) is 12.1 Å². The molecule has 7 nitrogen and oxygen atoms in total. The molecule has 136 valence electrons. The van der Waals surface area contributed by atoms with Crippen molar-refractivity contribution < 1.29 is 13.2 Å². The van der Waals surface area contributed by atoms with Gasteiger partial charge in [-0.25, -0.2) is 13.1 Å². The van der Waals surface area contributed by atoms with Crippen LogP contribution in [0.1, 0.15) is 13.3 Å². The van der Waals surface area contributed by atoms with Gasteiger partial charge < -0.3 is 5.32 Å². The van der Waals surface area contributed by atoms with Gasteiger partial charge in [0.1, 0.15) is 4.90 Å². The molecule has 1 atom stereocenters. The zero-order valence-corrected chi connectivity index (χ0v) is 15.4. The molecular weight excluding hydrogens is 364 g/mol. The maximum atomic E-state index is 12.1. The molecule has 2 N–H and O–H groups in total. The molecule has 0 aliphatic rings. The molecule has 0 spiro atoms. The van der Waals surface area contributed by atoms with Crippen molar-refractivity contribution >= 4 is 27.5 Å². The normalized spacial score (nSPS) is 12.7. The number of hydrogen-bond donors (Lipinski definition) is 2. The predicted molar refractivity (Wildman–Crippen MR) is 95.7 cm³/mol. The monoisotopic (exact) mass is 384 g/mol. The number of nitrogens with zero attached hydrogens (tertiary/aromatic N) is 2. The summed E-state index contributed by atoms with van der Waals surface area (Å²) in [5.41, 5.74) is 0. The number of amides is 1. The van der Waals surface area contributed by atoms with Crippen molar-refractivity contribution in [1.29, 1.82) is 0 Å². The lowest BCUT2D eigenvalue weighted by Crippen LogP contribution is -2.33. The number of carbonyl (C=O) groups excluding carboxylic acids is 1. The largest absolute Gasteiger partial charge is 0.356 e. The van der Waals surface area contributed by atoms with Gasteiger partial charge in [-0.2, -0.15) is 5.10 Å². The fourth-order valence-corrected chi connectivity index (χ4v) is 3.76. The second-order valence-electron chi connectivity index (χ2n) is 5.72. The Bertz CT molecular complexity index is 793. The van der Waals surface area contributed by atoms with Crippen molar-refractivity contribution in [2.75, 3.05) is 13.1 Å². The van der Waals surface area contributed by atoms with Gasteiger partial charge in [0.2, 0.25) is 15.9 Å². The first kappa shape index (κ1) is 19.4. The highest BCUT2D eigenvalue weighted by Crippen LogP contribution is 2.19. The maximum absolute atomic E-state index is 12.1. The average molecular weight is 385 g/mol. The third-order valence-corrected chi connectivity index (χ3v) is 5.44. The van der Waals surface area contributed by atoms with Crippen LogP contribution in [0.25, 0.3) is 0 Å². The molecule has 0 saturated heterocycles. The topological polar surface area (TPSA) is 93.1 Å². The number of hydrogen-bond acceptors (Lipinski definition) is 4. The summed E-state index contributed by atoms with van der Waals surface area (Å²) in [6.07, 6.45) is 3.62.